The van der Waals surface area contributed by atoms with Crippen molar-refractivity contribution in [1.29, 1.82) is 0 Å². The number of rotatable bonds is 3. The molecule has 0 atom stereocenters. The minimum Gasteiger partial charge on any atom is -0.211 e. The first-order valence-electron chi connectivity index (χ1n) is 3.91. The van der Waals surface area contributed by atoms with Crippen LogP contribution in [0.2, 0.25) is 0 Å². The molecule has 0 aromatic heterocycles. The zero-order valence-electron chi connectivity index (χ0n) is 7.30. The molecule has 0 aliphatic heterocycles. The topological polar surface area (TPSA) is 46.2 Å². The van der Waals surface area contributed by atoms with Crippen LogP contribution in [0.15, 0.2) is 0 Å². The molecule has 0 bridgehead atoms. The fourth-order valence-corrected chi connectivity index (χ4v) is 2.57. The van der Waals surface area contributed by atoms with Gasteiger partial charge >= 0.3 is 0 Å². The van der Waals surface area contributed by atoms with Gasteiger partial charge in [0.25, 0.3) is 0 Å². The molecule has 0 heterocycles. The van der Waals surface area contributed by atoms with Crippen LogP contribution in [-0.4, -0.2) is 19.7 Å². The van der Waals surface area contributed by atoms with E-state index in [4.69, 9.17) is 11.6 Å². The van der Waals surface area contributed by atoms with Gasteiger partial charge in [-0.1, -0.05) is 13.8 Å². The van der Waals surface area contributed by atoms with E-state index in [1.807, 2.05) is 0 Å². The maximum atomic E-state index is 11.0. The second kappa shape index (κ2) is 3.16. The molecule has 1 fully saturated rings. The molecule has 1 rings (SSSR count). The minimum atomic E-state index is -3.21. The lowest BCUT2D eigenvalue weighted by molar-refractivity contribution is 0.143. The maximum Gasteiger partial charge on any atom is 0.225 e. The summed E-state index contributed by atoms with van der Waals surface area (Å²) < 4.78 is 24.5. The third-order valence-electron chi connectivity index (χ3n) is 2.09. The van der Waals surface area contributed by atoms with E-state index < -0.39 is 10.0 Å². The van der Waals surface area contributed by atoms with Gasteiger partial charge in [0, 0.05) is 6.04 Å². The predicted molar refractivity (Wildman–Crippen MR) is 49.6 cm³/mol. The Kier molecular flexibility index (Phi) is 2.71. The van der Waals surface area contributed by atoms with Crippen molar-refractivity contribution in [3.8, 4) is 0 Å². The first-order chi connectivity index (χ1) is 5.35. The summed E-state index contributed by atoms with van der Waals surface area (Å²) in [5, 5.41) is -0.343. The van der Waals surface area contributed by atoms with E-state index in [0.29, 0.717) is 5.41 Å². The first kappa shape index (κ1) is 10.3. The van der Waals surface area contributed by atoms with Gasteiger partial charge in [-0.2, -0.15) is 0 Å². The third kappa shape index (κ3) is 2.61. The van der Waals surface area contributed by atoms with Gasteiger partial charge in [0.2, 0.25) is 10.0 Å². The van der Waals surface area contributed by atoms with Gasteiger partial charge in [0.05, 0.1) is 0 Å². The van der Waals surface area contributed by atoms with E-state index in [0.717, 1.165) is 12.8 Å². The lowest BCUT2D eigenvalue weighted by Gasteiger charge is -2.42. The Morgan fingerprint density at radius 1 is 1.50 bits per heavy atom. The number of hydrogen-bond acceptors (Lipinski definition) is 2. The Hall–Kier alpha value is 0.200. The summed E-state index contributed by atoms with van der Waals surface area (Å²) in [7, 11) is -3.21. The molecule has 72 valence electrons. The molecule has 0 amide bonds. The van der Waals surface area contributed by atoms with Crippen molar-refractivity contribution in [2.45, 2.75) is 32.7 Å². The number of nitrogens with one attached hydrogen (secondary N) is 1. The fourth-order valence-electron chi connectivity index (χ4n) is 1.64. The largest absolute Gasteiger partial charge is 0.225 e. The van der Waals surface area contributed by atoms with Crippen LogP contribution >= 0.6 is 11.6 Å². The maximum absolute atomic E-state index is 11.0. The molecule has 12 heavy (non-hydrogen) atoms. The lowest BCUT2D eigenvalue weighted by atomic mass is 9.69. The zero-order chi connectivity index (χ0) is 9.41. The van der Waals surface area contributed by atoms with E-state index in [1.54, 1.807) is 0 Å². The highest BCUT2D eigenvalue weighted by atomic mass is 35.5. The Morgan fingerprint density at radius 3 is 2.33 bits per heavy atom. The number of sulfonamides is 1. The van der Waals surface area contributed by atoms with Crippen molar-refractivity contribution >= 4 is 21.6 Å². The smallest absolute Gasteiger partial charge is 0.211 e. The fraction of sp³-hybridized carbons (Fsp3) is 1.00. The molecular formula is C7H14ClNO2S. The van der Waals surface area contributed by atoms with Gasteiger partial charge in [-0.05, 0) is 18.3 Å². The Balaban J connectivity index is 2.38. The molecule has 3 nitrogen and oxygen atoms in total. The molecule has 0 unspecified atom stereocenters. The molecule has 1 saturated carbocycles. The van der Waals surface area contributed by atoms with Crippen LogP contribution in [0.25, 0.3) is 0 Å². The van der Waals surface area contributed by atoms with Crippen LogP contribution in [0, 0.1) is 5.41 Å². The summed E-state index contributed by atoms with van der Waals surface area (Å²) in [5.41, 5.74) is 0.291. The number of halogens is 1. The molecule has 1 N–H and O–H groups in total. The summed E-state index contributed by atoms with van der Waals surface area (Å²) >= 11 is 5.24. The van der Waals surface area contributed by atoms with Crippen molar-refractivity contribution in [2.24, 2.45) is 5.41 Å². The van der Waals surface area contributed by atoms with Crippen LogP contribution in [0.5, 0.6) is 0 Å². The Morgan fingerprint density at radius 2 is 2.00 bits per heavy atom. The van der Waals surface area contributed by atoms with Gasteiger partial charge in [-0.15, -0.1) is 11.6 Å². The molecule has 0 saturated heterocycles. The van der Waals surface area contributed by atoms with E-state index in [1.165, 1.54) is 0 Å². The lowest BCUT2D eigenvalue weighted by Crippen LogP contribution is -2.48. The Labute approximate surface area is 78.5 Å². The summed E-state index contributed by atoms with van der Waals surface area (Å²) in [6.45, 7) is 4.25. The van der Waals surface area contributed by atoms with Crippen molar-refractivity contribution < 1.29 is 8.42 Å². The highest BCUT2D eigenvalue weighted by Gasteiger charge is 2.37. The average Bonchev–Trinajstić information content (AvgIpc) is 1.83. The van der Waals surface area contributed by atoms with E-state index in [9.17, 15) is 8.42 Å². The zero-order valence-corrected chi connectivity index (χ0v) is 8.87. The minimum absolute atomic E-state index is 0.101. The molecule has 5 heteroatoms. The summed E-state index contributed by atoms with van der Waals surface area (Å²) in [6.07, 6.45) is 1.81. The second-order valence-electron chi connectivity index (χ2n) is 4.11. The highest BCUT2D eigenvalue weighted by molar-refractivity contribution is 7.90. The molecule has 0 aromatic rings. The molecule has 0 radical (unpaired) electrons. The van der Waals surface area contributed by atoms with Crippen LogP contribution in [0.1, 0.15) is 26.7 Å². The second-order valence-corrected chi connectivity index (χ2v) is 6.45. The normalized spacial score (nSPS) is 23.6. The quantitative estimate of drug-likeness (QED) is 0.716. The van der Waals surface area contributed by atoms with Gasteiger partial charge in [-0.25, -0.2) is 13.1 Å². The van der Waals surface area contributed by atoms with Crippen molar-refractivity contribution in [1.82, 2.24) is 4.72 Å². The molecule has 0 spiro atoms. The Bertz CT molecular complexity index is 253. The van der Waals surface area contributed by atoms with Crippen LogP contribution < -0.4 is 4.72 Å². The monoisotopic (exact) mass is 211 g/mol. The summed E-state index contributed by atoms with van der Waals surface area (Å²) in [5.74, 6) is 0. The van der Waals surface area contributed by atoms with E-state index >= 15 is 0 Å². The molecular weight excluding hydrogens is 198 g/mol. The SMILES string of the molecule is CC1(C)CC(NS(=O)(=O)CCl)C1. The van der Waals surface area contributed by atoms with Gasteiger partial charge in [-0.3, -0.25) is 0 Å². The first-order valence-corrected chi connectivity index (χ1v) is 6.09. The standard InChI is InChI=1S/C7H14ClNO2S/c1-7(2)3-6(4-7)9-12(10,11)5-8/h6,9H,3-5H2,1-2H3. The van der Waals surface area contributed by atoms with Gasteiger partial charge < -0.3 is 0 Å². The van der Waals surface area contributed by atoms with E-state index in [2.05, 4.69) is 18.6 Å². The summed E-state index contributed by atoms with van der Waals surface area (Å²) in [4.78, 5) is 0. The van der Waals surface area contributed by atoms with Gasteiger partial charge in [0.15, 0.2) is 0 Å². The van der Waals surface area contributed by atoms with Crippen LogP contribution in [0.3, 0.4) is 0 Å². The van der Waals surface area contributed by atoms with Crippen LogP contribution in [-0.2, 0) is 10.0 Å². The van der Waals surface area contributed by atoms with Crippen LogP contribution in [0.4, 0.5) is 0 Å². The number of hydrogen-bond donors (Lipinski definition) is 1. The average molecular weight is 212 g/mol. The summed E-state index contributed by atoms with van der Waals surface area (Å²) in [6, 6.07) is 0.101. The molecule has 1 aliphatic carbocycles. The third-order valence-corrected chi connectivity index (χ3v) is 3.93. The predicted octanol–water partition coefficient (Wildman–Crippen LogP) is 1.29. The molecule has 1 aliphatic rings. The van der Waals surface area contributed by atoms with Crippen molar-refractivity contribution in [3.63, 3.8) is 0 Å². The highest BCUT2D eigenvalue weighted by Crippen LogP contribution is 2.40. The molecule has 0 aromatic carbocycles. The van der Waals surface area contributed by atoms with E-state index in [-0.39, 0.29) is 11.3 Å². The van der Waals surface area contributed by atoms with Crippen molar-refractivity contribution in [3.05, 3.63) is 0 Å². The number of alkyl halides is 1. The van der Waals surface area contributed by atoms with Gasteiger partial charge in [0.1, 0.15) is 5.21 Å². The van der Waals surface area contributed by atoms with Crippen molar-refractivity contribution in [2.75, 3.05) is 5.21 Å².